The third-order valence-corrected chi connectivity index (χ3v) is 9.48. The molecule has 4 aliphatic rings. The second-order valence-electron chi connectivity index (χ2n) is 12.4. The van der Waals surface area contributed by atoms with E-state index in [-0.39, 0.29) is 41.6 Å². The smallest absolute Gasteiger partial charge is 0.341 e. The molecule has 0 bridgehead atoms. The Hall–Kier alpha value is -2.77. The highest BCUT2D eigenvalue weighted by Gasteiger charge is 2.69. The molecule has 7 heteroatoms. The molecule has 0 amide bonds. The highest BCUT2D eigenvalue weighted by atomic mass is 16.5. The van der Waals surface area contributed by atoms with Gasteiger partial charge in [-0.3, -0.25) is 0 Å². The zero-order valence-electron chi connectivity index (χ0n) is 22.8. The molecular formula is C31H40O7. The summed E-state index contributed by atoms with van der Waals surface area (Å²) in [5.41, 5.74) is 2.43. The van der Waals surface area contributed by atoms with Crippen molar-refractivity contribution < 1.29 is 34.3 Å². The van der Waals surface area contributed by atoms with Crippen LogP contribution in [0.2, 0.25) is 0 Å². The molecule has 38 heavy (non-hydrogen) atoms. The van der Waals surface area contributed by atoms with Crippen LogP contribution in [0.25, 0.3) is 0 Å². The molecule has 3 N–H and O–H groups in total. The second-order valence-corrected chi connectivity index (χ2v) is 12.4. The molecule has 2 aliphatic carbocycles. The van der Waals surface area contributed by atoms with Gasteiger partial charge in [0.1, 0.15) is 35.0 Å². The third-order valence-electron chi connectivity index (χ3n) is 9.48. The molecule has 5 atom stereocenters. The average molecular weight is 525 g/mol. The van der Waals surface area contributed by atoms with Crippen LogP contribution in [0.1, 0.15) is 80.5 Å². The fourth-order valence-corrected chi connectivity index (χ4v) is 8.06. The van der Waals surface area contributed by atoms with Crippen molar-refractivity contribution >= 4 is 5.97 Å². The quantitative estimate of drug-likeness (QED) is 0.443. The number of aryl methyl sites for hydroxylation is 1. The molecule has 0 aromatic heterocycles. The van der Waals surface area contributed by atoms with Crippen LogP contribution < -0.4 is 4.74 Å². The lowest BCUT2D eigenvalue weighted by molar-refractivity contribution is -0.156. The Balaban J connectivity index is 0.000000193. The summed E-state index contributed by atoms with van der Waals surface area (Å²) in [6, 6.07) is 10.0. The molecule has 6 rings (SSSR count). The molecule has 2 aliphatic heterocycles. The lowest BCUT2D eigenvalue weighted by Gasteiger charge is -2.61. The van der Waals surface area contributed by atoms with Crippen molar-refractivity contribution in [1.82, 2.24) is 0 Å². The average Bonchev–Trinajstić information content (AvgIpc) is 3.23. The molecule has 1 spiro atoms. The van der Waals surface area contributed by atoms with Crippen LogP contribution >= 0.6 is 0 Å². The van der Waals surface area contributed by atoms with Crippen molar-refractivity contribution in [1.29, 1.82) is 0 Å². The van der Waals surface area contributed by atoms with E-state index in [4.69, 9.17) is 14.6 Å². The van der Waals surface area contributed by atoms with Crippen LogP contribution in [-0.2, 0) is 9.47 Å². The fourth-order valence-electron chi connectivity index (χ4n) is 8.06. The number of aliphatic hydroxyl groups is 1. The van der Waals surface area contributed by atoms with Crippen molar-refractivity contribution in [2.24, 2.45) is 22.7 Å². The zero-order valence-corrected chi connectivity index (χ0v) is 22.8. The Bertz CT molecular complexity index is 1210. The van der Waals surface area contributed by atoms with E-state index >= 15 is 0 Å². The van der Waals surface area contributed by atoms with Gasteiger partial charge in [0.25, 0.3) is 0 Å². The number of benzene rings is 2. The number of aromatic hydroxyl groups is 2. The van der Waals surface area contributed by atoms with Crippen molar-refractivity contribution in [3.05, 3.63) is 53.1 Å². The van der Waals surface area contributed by atoms with Crippen molar-refractivity contribution in [3.63, 3.8) is 0 Å². The van der Waals surface area contributed by atoms with Crippen LogP contribution in [0.3, 0.4) is 0 Å². The second kappa shape index (κ2) is 9.76. The minimum absolute atomic E-state index is 0.0222. The lowest BCUT2D eigenvalue weighted by Crippen LogP contribution is -2.61. The van der Waals surface area contributed by atoms with Crippen molar-refractivity contribution in [2.75, 3.05) is 19.8 Å². The summed E-state index contributed by atoms with van der Waals surface area (Å²) in [5.74, 6) is 1.47. The topological polar surface area (TPSA) is 105 Å². The molecule has 2 heterocycles. The summed E-state index contributed by atoms with van der Waals surface area (Å²) < 4.78 is 17.7. The summed E-state index contributed by atoms with van der Waals surface area (Å²) in [4.78, 5) is 11.1. The van der Waals surface area contributed by atoms with E-state index in [1.807, 2.05) is 13.0 Å². The highest BCUT2D eigenvalue weighted by Crippen LogP contribution is 2.71. The molecule has 1 unspecified atom stereocenters. The van der Waals surface area contributed by atoms with E-state index in [9.17, 15) is 15.0 Å². The van der Waals surface area contributed by atoms with Crippen LogP contribution in [0.4, 0.5) is 0 Å². The summed E-state index contributed by atoms with van der Waals surface area (Å²) >= 11 is 0. The maximum absolute atomic E-state index is 11.1. The van der Waals surface area contributed by atoms with Gasteiger partial charge in [-0.1, -0.05) is 32.4 Å². The summed E-state index contributed by atoms with van der Waals surface area (Å²) in [5, 5.41) is 28.3. The molecule has 1 saturated heterocycles. The first-order valence-corrected chi connectivity index (χ1v) is 13.7. The summed E-state index contributed by atoms with van der Waals surface area (Å²) in [7, 11) is 0. The lowest BCUT2D eigenvalue weighted by atomic mass is 9.44. The molecule has 2 aromatic rings. The van der Waals surface area contributed by atoms with Gasteiger partial charge >= 0.3 is 5.97 Å². The predicted molar refractivity (Wildman–Crippen MR) is 142 cm³/mol. The zero-order chi connectivity index (χ0) is 27.3. The summed E-state index contributed by atoms with van der Waals surface area (Å²) in [6.07, 6.45) is 6.12. The van der Waals surface area contributed by atoms with E-state index in [2.05, 4.69) is 31.6 Å². The van der Waals surface area contributed by atoms with E-state index in [1.165, 1.54) is 37.8 Å². The van der Waals surface area contributed by atoms with E-state index in [0.717, 1.165) is 29.9 Å². The largest absolute Gasteiger partial charge is 0.507 e. The van der Waals surface area contributed by atoms with Gasteiger partial charge in [0.05, 0.1) is 24.9 Å². The number of fused-ring (bicyclic) bond motifs is 2. The van der Waals surface area contributed by atoms with Crippen LogP contribution in [0.5, 0.6) is 17.2 Å². The van der Waals surface area contributed by atoms with Gasteiger partial charge < -0.3 is 29.5 Å². The number of esters is 1. The molecule has 0 radical (unpaired) electrons. The molecule has 2 saturated carbocycles. The van der Waals surface area contributed by atoms with Gasteiger partial charge in [0.2, 0.25) is 0 Å². The summed E-state index contributed by atoms with van der Waals surface area (Å²) in [6.45, 7) is 9.74. The maximum atomic E-state index is 11.1. The monoisotopic (exact) mass is 524 g/mol. The van der Waals surface area contributed by atoms with Gasteiger partial charge in [-0.15, -0.1) is 0 Å². The Labute approximate surface area is 224 Å². The Morgan fingerprint density at radius 3 is 2.58 bits per heavy atom. The molecule has 7 nitrogen and oxygen atoms in total. The number of hydrogen-bond donors (Lipinski definition) is 3. The van der Waals surface area contributed by atoms with Gasteiger partial charge in [-0.05, 0) is 80.7 Å². The number of hydrogen-bond acceptors (Lipinski definition) is 7. The van der Waals surface area contributed by atoms with Crippen molar-refractivity contribution in [3.8, 4) is 17.2 Å². The number of para-hydroxylation sites is 1. The van der Waals surface area contributed by atoms with E-state index in [1.54, 1.807) is 12.1 Å². The number of phenols is 2. The number of carbonyl (C=O) groups excluding carboxylic acids is 1. The molecule has 3 fully saturated rings. The fraction of sp³-hybridized carbons (Fsp3) is 0.581. The van der Waals surface area contributed by atoms with Gasteiger partial charge in [-0.2, -0.15) is 0 Å². The predicted octanol–water partition coefficient (Wildman–Crippen LogP) is 5.69. The Kier molecular flexibility index (Phi) is 6.89. The number of rotatable bonds is 3. The Morgan fingerprint density at radius 2 is 1.84 bits per heavy atom. The number of carbonyl (C=O) groups is 1. The van der Waals surface area contributed by atoms with Crippen LogP contribution in [-0.4, -0.2) is 46.7 Å². The number of aliphatic hydroxyl groups excluding tert-OH is 1. The third kappa shape index (κ3) is 4.34. The number of phenolic OH excluding ortho intramolecular Hbond substituents is 2. The molecule has 2 aromatic carbocycles. The van der Waals surface area contributed by atoms with Crippen molar-refractivity contribution in [2.45, 2.75) is 71.5 Å². The first-order valence-electron chi connectivity index (χ1n) is 13.7. The normalized spacial score (nSPS) is 32.0. The van der Waals surface area contributed by atoms with Crippen LogP contribution in [0.15, 0.2) is 36.4 Å². The Morgan fingerprint density at radius 1 is 1.08 bits per heavy atom. The number of ether oxygens (including phenoxy) is 3. The van der Waals surface area contributed by atoms with E-state index in [0.29, 0.717) is 23.0 Å². The van der Waals surface area contributed by atoms with E-state index < -0.39 is 5.97 Å². The highest BCUT2D eigenvalue weighted by molar-refractivity contribution is 5.92. The first-order chi connectivity index (χ1) is 18.0. The van der Waals surface area contributed by atoms with Crippen LogP contribution in [0, 0.1) is 29.6 Å². The minimum Gasteiger partial charge on any atom is -0.507 e. The molecule has 206 valence electrons. The molecular weight excluding hydrogens is 484 g/mol. The van der Waals surface area contributed by atoms with Gasteiger partial charge in [-0.25, -0.2) is 4.79 Å². The SMILES string of the molecule is Cc1cc(O)c2c(c1)O[C@@]1(C)CC[C@@H]3C(C)(C)CCCC34CO[C@@H]2[C@H]41.O=C(OCCO)c1ccccc1O. The standard InChI is InChI=1S/C22H30O3.C9H10O4/c1-13-10-14(23)17-15(11-13)25-21(4)9-6-16-20(2,3)7-5-8-22(16)12-24-18(17)19(21)22;10-5-6-13-9(12)7-3-1-2-4-8(7)11/h10-11,16,18-19,23H,5-9,12H2,1-4H3;1-4,10-11H,5-6H2/t16-,18+,19+,21+,22?;/m1./s1. The minimum atomic E-state index is -0.632. The van der Waals surface area contributed by atoms with Gasteiger partial charge in [0.15, 0.2) is 0 Å². The van der Waals surface area contributed by atoms with Gasteiger partial charge in [0, 0.05) is 11.3 Å². The first kappa shape index (κ1) is 26.8. The maximum Gasteiger partial charge on any atom is 0.341 e.